The molecule has 0 spiro atoms. The number of halogens is 1. The van der Waals surface area contributed by atoms with Gasteiger partial charge in [-0.05, 0) is 75.3 Å². The van der Waals surface area contributed by atoms with Gasteiger partial charge in [-0.25, -0.2) is 4.79 Å². The lowest BCUT2D eigenvalue weighted by Crippen LogP contribution is -2.20. The molecule has 0 aromatic heterocycles. The first-order chi connectivity index (χ1) is 11.8. The lowest BCUT2D eigenvalue weighted by molar-refractivity contribution is 0.0260. The predicted molar refractivity (Wildman–Crippen MR) is 103 cm³/mol. The third-order valence-corrected chi connectivity index (χ3v) is 4.64. The summed E-state index contributed by atoms with van der Waals surface area (Å²) < 4.78 is 5.88. The van der Waals surface area contributed by atoms with Gasteiger partial charge in [-0.3, -0.25) is 0 Å². The fraction of sp³-hybridized carbons (Fsp3) is 0.381. The Morgan fingerprint density at radius 1 is 1.04 bits per heavy atom. The number of carbonyl (C=O) groups excluding carboxylic acids is 1. The first-order valence-electron chi connectivity index (χ1n) is 8.47. The van der Waals surface area contributed by atoms with Gasteiger partial charge in [0.05, 0.1) is 5.56 Å². The van der Waals surface area contributed by atoms with Crippen LogP contribution in [0.1, 0.15) is 45.1 Å². The van der Waals surface area contributed by atoms with Crippen LogP contribution in [0.3, 0.4) is 0 Å². The molecule has 0 fully saturated rings. The Kier molecular flexibility index (Phi) is 6.63. The van der Waals surface area contributed by atoms with Crippen LogP contribution in [0.5, 0.6) is 0 Å². The quantitative estimate of drug-likeness (QED) is 0.671. The number of rotatable bonds is 6. The Morgan fingerprint density at radius 3 is 2.24 bits per heavy atom. The molecule has 0 radical (unpaired) electrons. The first-order valence-corrected chi connectivity index (χ1v) is 8.84. The summed E-state index contributed by atoms with van der Waals surface area (Å²) in [5.74, 6) is -0.278. The van der Waals surface area contributed by atoms with Crippen LogP contribution in [0, 0.1) is 20.8 Å². The summed E-state index contributed by atoms with van der Waals surface area (Å²) in [5, 5.41) is 0.673. The lowest BCUT2D eigenvalue weighted by atomic mass is 10.0. The highest BCUT2D eigenvalue weighted by Crippen LogP contribution is 2.26. The van der Waals surface area contributed by atoms with Gasteiger partial charge in [-0.2, -0.15) is 0 Å². The second kappa shape index (κ2) is 8.50. The molecule has 0 aliphatic rings. The van der Waals surface area contributed by atoms with Gasteiger partial charge in [-0.15, -0.1) is 0 Å². The van der Waals surface area contributed by atoms with Gasteiger partial charge < -0.3 is 9.64 Å². The minimum atomic E-state index is -0.298. The van der Waals surface area contributed by atoms with Crippen molar-refractivity contribution in [3.8, 4) is 0 Å². The van der Waals surface area contributed by atoms with Gasteiger partial charge >= 0.3 is 5.97 Å². The minimum absolute atomic E-state index is 0.278. The summed E-state index contributed by atoms with van der Waals surface area (Å²) in [6, 6.07) is 11.4. The summed E-state index contributed by atoms with van der Waals surface area (Å²) in [6.45, 7) is 6.83. The van der Waals surface area contributed by atoms with E-state index in [0.29, 0.717) is 10.6 Å². The maximum absolute atomic E-state index is 12.8. The van der Waals surface area contributed by atoms with Gasteiger partial charge in [0, 0.05) is 18.0 Å². The van der Waals surface area contributed by atoms with Gasteiger partial charge in [0.1, 0.15) is 6.10 Å². The molecular weight excluding hydrogens is 334 g/mol. The van der Waals surface area contributed by atoms with Crippen LogP contribution >= 0.6 is 11.6 Å². The number of carbonyl (C=O) groups is 1. The number of aryl methyl sites for hydroxylation is 3. The molecule has 134 valence electrons. The summed E-state index contributed by atoms with van der Waals surface area (Å²) in [7, 11) is 4.02. The maximum atomic E-state index is 12.8. The van der Waals surface area contributed by atoms with E-state index in [1.807, 2.05) is 71.3 Å². The SMILES string of the molecule is Cc1cc(C)c(C(=O)OC(CCN(C)C)c2ccc(Cl)cc2)cc1C. The summed E-state index contributed by atoms with van der Waals surface area (Å²) >= 11 is 5.98. The van der Waals surface area contributed by atoms with Crippen LogP contribution in [0.15, 0.2) is 36.4 Å². The molecule has 2 rings (SSSR count). The molecule has 0 aliphatic carbocycles. The molecule has 1 unspecified atom stereocenters. The summed E-state index contributed by atoms with van der Waals surface area (Å²) in [4.78, 5) is 14.8. The molecular formula is C21H26ClNO2. The summed E-state index contributed by atoms with van der Waals surface area (Å²) in [6.07, 6.45) is 0.428. The van der Waals surface area contributed by atoms with Crippen molar-refractivity contribution in [2.75, 3.05) is 20.6 Å². The molecule has 3 nitrogen and oxygen atoms in total. The molecule has 0 saturated heterocycles. The van der Waals surface area contributed by atoms with Crippen molar-refractivity contribution in [1.82, 2.24) is 4.90 Å². The van der Waals surface area contributed by atoms with Gasteiger partial charge in [0.2, 0.25) is 0 Å². The Balaban J connectivity index is 2.24. The molecule has 0 bridgehead atoms. The van der Waals surface area contributed by atoms with Crippen molar-refractivity contribution in [1.29, 1.82) is 0 Å². The topological polar surface area (TPSA) is 29.5 Å². The predicted octanol–water partition coefficient (Wildman–Crippen LogP) is 5.12. The van der Waals surface area contributed by atoms with E-state index in [9.17, 15) is 4.79 Å². The minimum Gasteiger partial charge on any atom is -0.454 e. The lowest BCUT2D eigenvalue weighted by Gasteiger charge is -2.21. The van der Waals surface area contributed by atoms with E-state index in [-0.39, 0.29) is 12.1 Å². The van der Waals surface area contributed by atoms with E-state index in [0.717, 1.165) is 29.7 Å². The molecule has 0 saturated carbocycles. The first kappa shape index (κ1) is 19.5. The van der Waals surface area contributed by atoms with Gasteiger partial charge in [0.25, 0.3) is 0 Å². The molecule has 1 atom stereocenters. The number of hydrogen-bond donors (Lipinski definition) is 0. The molecule has 0 N–H and O–H groups in total. The normalized spacial score (nSPS) is 12.3. The Hall–Kier alpha value is -1.84. The fourth-order valence-electron chi connectivity index (χ4n) is 2.72. The van der Waals surface area contributed by atoms with Crippen molar-refractivity contribution >= 4 is 17.6 Å². The van der Waals surface area contributed by atoms with Gasteiger partial charge in [-0.1, -0.05) is 29.8 Å². The highest BCUT2D eigenvalue weighted by molar-refractivity contribution is 6.30. The van der Waals surface area contributed by atoms with E-state index in [1.54, 1.807) is 0 Å². The number of benzene rings is 2. The molecule has 2 aromatic carbocycles. The highest BCUT2D eigenvalue weighted by Gasteiger charge is 2.20. The van der Waals surface area contributed by atoms with E-state index < -0.39 is 0 Å². The van der Waals surface area contributed by atoms with E-state index in [2.05, 4.69) is 4.90 Å². The van der Waals surface area contributed by atoms with Crippen molar-refractivity contribution in [3.63, 3.8) is 0 Å². The molecule has 4 heteroatoms. The smallest absolute Gasteiger partial charge is 0.339 e. The van der Waals surface area contributed by atoms with Crippen molar-refractivity contribution in [3.05, 3.63) is 69.2 Å². The van der Waals surface area contributed by atoms with Gasteiger partial charge in [0.15, 0.2) is 0 Å². The number of esters is 1. The molecule has 0 amide bonds. The van der Waals surface area contributed by atoms with E-state index in [4.69, 9.17) is 16.3 Å². The Bertz CT molecular complexity index is 738. The summed E-state index contributed by atoms with van der Waals surface area (Å²) in [5.41, 5.74) is 4.80. The third-order valence-electron chi connectivity index (χ3n) is 4.39. The maximum Gasteiger partial charge on any atom is 0.339 e. The van der Waals surface area contributed by atoms with E-state index >= 15 is 0 Å². The van der Waals surface area contributed by atoms with Crippen molar-refractivity contribution in [2.45, 2.75) is 33.3 Å². The van der Waals surface area contributed by atoms with Crippen LogP contribution in [0.25, 0.3) is 0 Å². The standard InChI is InChI=1S/C21H26ClNO2/c1-14-12-16(3)19(13-15(14)2)21(24)25-20(10-11-23(4)5)17-6-8-18(22)9-7-17/h6-9,12-13,20H,10-11H2,1-5H3. The number of nitrogens with zero attached hydrogens (tertiary/aromatic N) is 1. The van der Waals surface area contributed by atoms with Crippen LogP contribution in [0.4, 0.5) is 0 Å². The Labute approximate surface area is 155 Å². The number of hydrogen-bond acceptors (Lipinski definition) is 3. The second-order valence-corrected chi connectivity index (χ2v) is 7.23. The molecule has 0 heterocycles. The van der Waals surface area contributed by atoms with Crippen LogP contribution in [-0.2, 0) is 4.74 Å². The molecule has 0 aliphatic heterocycles. The van der Waals surface area contributed by atoms with Crippen LogP contribution in [0.2, 0.25) is 5.02 Å². The van der Waals surface area contributed by atoms with E-state index in [1.165, 1.54) is 5.56 Å². The Morgan fingerprint density at radius 2 is 1.64 bits per heavy atom. The zero-order valence-corrected chi connectivity index (χ0v) is 16.4. The third kappa shape index (κ3) is 5.32. The van der Waals surface area contributed by atoms with Crippen LogP contribution < -0.4 is 0 Å². The molecule has 2 aromatic rings. The average Bonchev–Trinajstić information content (AvgIpc) is 2.55. The average molecular weight is 360 g/mol. The zero-order valence-electron chi connectivity index (χ0n) is 15.6. The monoisotopic (exact) mass is 359 g/mol. The van der Waals surface area contributed by atoms with Crippen molar-refractivity contribution in [2.24, 2.45) is 0 Å². The zero-order chi connectivity index (χ0) is 18.6. The fourth-order valence-corrected chi connectivity index (χ4v) is 2.85. The largest absolute Gasteiger partial charge is 0.454 e. The number of ether oxygens (including phenoxy) is 1. The van der Waals surface area contributed by atoms with Crippen LogP contribution in [-0.4, -0.2) is 31.5 Å². The molecule has 25 heavy (non-hydrogen) atoms. The van der Waals surface area contributed by atoms with Crippen molar-refractivity contribution < 1.29 is 9.53 Å². The second-order valence-electron chi connectivity index (χ2n) is 6.79. The highest BCUT2D eigenvalue weighted by atomic mass is 35.5.